The van der Waals surface area contributed by atoms with Crippen LogP contribution in [0.2, 0.25) is 0 Å². The van der Waals surface area contributed by atoms with E-state index in [1.807, 2.05) is 0 Å². The molecular formula is C5H7F3N4S. The summed E-state index contributed by atoms with van der Waals surface area (Å²) in [6.45, 7) is -0.285. The van der Waals surface area contributed by atoms with Crippen LogP contribution in [0.25, 0.3) is 0 Å². The molecule has 8 heteroatoms. The maximum atomic E-state index is 12.3. The van der Waals surface area contributed by atoms with E-state index in [9.17, 15) is 13.2 Å². The zero-order chi connectivity index (χ0) is 10.1. The smallest absolute Gasteiger partial charge is 0.324 e. The SMILES string of the molecule is CSc1nnc(CN)n1C(F)(F)F. The van der Waals surface area contributed by atoms with Gasteiger partial charge in [-0.3, -0.25) is 0 Å². The fraction of sp³-hybridized carbons (Fsp3) is 0.600. The molecule has 0 saturated carbocycles. The maximum absolute atomic E-state index is 12.3. The number of hydrogen-bond acceptors (Lipinski definition) is 4. The third-order valence-electron chi connectivity index (χ3n) is 1.32. The summed E-state index contributed by atoms with van der Waals surface area (Å²) >= 11 is 0.872. The number of rotatable bonds is 2. The van der Waals surface area contributed by atoms with Crippen molar-refractivity contribution < 1.29 is 13.2 Å². The summed E-state index contributed by atoms with van der Waals surface area (Å²) in [6.07, 6.45) is -3.01. The molecular weight excluding hydrogens is 205 g/mol. The molecule has 0 amide bonds. The van der Waals surface area contributed by atoms with E-state index in [0.717, 1.165) is 11.8 Å². The van der Waals surface area contributed by atoms with E-state index in [4.69, 9.17) is 5.73 Å². The Morgan fingerprint density at radius 2 is 2.08 bits per heavy atom. The maximum Gasteiger partial charge on any atom is 0.492 e. The van der Waals surface area contributed by atoms with Crippen LogP contribution in [0.5, 0.6) is 0 Å². The van der Waals surface area contributed by atoms with Crippen LogP contribution in [0.15, 0.2) is 5.16 Å². The molecule has 0 aliphatic rings. The molecule has 13 heavy (non-hydrogen) atoms. The first-order chi connectivity index (χ1) is 6.00. The first-order valence-electron chi connectivity index (χ1n) is 3.26. The summed E-state index contributed by atoms with van der Waals surface area (Å²) < 4.78 is 37.1. The van der Waals surface area contributed by atoms with Crippen LogP contribution < -0.4 is 5.73 Å². The van der Waals surface area contributed by atoms with Gasteiger partial charge in [0.2, 0.25) is 0 Å². The predicted molar refractivity (Wildman–Crippen MR) is 41.0 cm³/mol. The largest absolute Gasteiger partial charge is 0.492 e. The lowest BCUT2D eigenvalue weighted by Crippen LogP contribution is -2.22. The molecule has 0 fully saturated rings. The Hall–Kier alpha value is -0.760. The van der Waals surface area contributed by atoms with Crippen LogP contribution in [-0.4, -0.2) is 21.0 Å². The summed E-state index contributed by atoms with van der Waals surface area (Å²) in [7, 11) is 0. The number of halogens is 3. The van der Waals surface area contributed by atoms with Crippen LogP contribution in [0, 0.1) is 0 Å². The first kappa shape index (κ1) is 10.3. The third-order valence-corrected chi connectivity index (χ3v) is 1.95. The zero-order valence-corrected chi connectivity index (χ0v) is 7.48. The molecule has 0 aliphatic heterocycles. The summed E-state index contributed by atoms with van der Waals surface area (Å²) in [6, 6.07) is 0. The Balaban J connectivity index is 3.20. The van der Waals surface area contributed by atoms with Crippen LogP contribution >= 0.6 is 11.8 Å². The topological polar surface area (TPSA) is 56.7 Å². The van der Waals surface area contributed by atoms with E-state index in [1.54, 1.807) is 0 Å². The molecule has 0 radical (unpaired) electrons. The van der Waals surface area contributed by atoms with Crippen molar-refractivity contribution in [3.8, 4) is 0 Å². The standard InChI is InChI=1S/C5H7F3N4S/c1-13-4-11-10-3(2-9)12(4)5(6,7)8/h2,9H2,1H3. The minimum atomic E-state index is -4.50. The van der Waals surface area contributed by atoms with Crippen molar-refractivity contribution in [2.24, 2.45) is 5.73 Å². The molecule has 1 aromatic heterocycles. The van der Waals surface area contributed by atoms with Gasteiger partial charge in [0.15, 0.2) is 11.0 Å². The van der Waals surface area contributed by atoms with Gasteiger partial charge in [-0.1, -0.05) is 11.8 Å². The van der Waals surface area contributed by atoms with Gasteiger partial charge in [0, 0.05) is 0 Å². The highest BCUT2D eigenvalue weighted by Gasteiger charge is 2.36. The third kappa shape index (κ3) is 1.94. The molecule has 1 rings (SSSR count). The summed E-state index contributed by atoms with van der Waals surface area (Å²) in [4.78, 5) is 0. The Kier molecular flexibility index (Phi) is 2.81. The Bertz CT molecular complexity index is 273. The van der Waals surface area contributed by atoms with Crippen molar-refractivity contribution in [2.75, 3.05) is 6.26 Å². The van der Waals surface area contributed by atoms with Crippen molar-refractivity contribution in [1.29, 1.82) is 0 Å². The Morgan fingerprint density at radius 3 is 2.46 bits per heavy atom. The second-order valence-electron chi connectivity index (χ2n) is 2.11. The molecule has 1 aromatic rings. The minimum absolute atomic E-state index is 0.0810. The van der Waals surface area contributed by atoms with Gasteiger partial charge in [-0.05, 0) is 6.26 Å². The van der Waals surface area contributed by atoms with Gasteiger partial charge in [0.1, 0.15) is 0 Å². The molecule has 2 N–H and O–H groups in total. The van der Waals surface area contributed by atoms with Crippen LogP contribution in [0.3, 0.4) is 0 Å². The zero-order valence-electron chi connectivity index (χ0n) is 6.67. The highest BCUT2D eigenvalue weighted by Crippen LogP contribution is 2.28. The molecule has 0 bridgehead atoms. The van der Waals surface area contributed by atoms with E-state index >= 15 is 0 Å². The van der Waals surface area contributed by atoms with E-state index in [1.165, 1.54) is 6.26 Å². The van der Waals surface area contributed by atoms with Crippen LogP contribution in [0.1, 0.15) is 5.82 Å². The molecule has 74 valence electrons. The van der Waals surface area contributed by atoms with E-state index < -0.39 is 6.30 Å². The monoisotopic (exact) mass is 212 g/mol. The number of nitrogens with two attached hydrogens (primary N) is 1. The van der Waals surface area contributed by atoms with E-state index in [2.05, 4.69) is 10.2 Å². The van der Waals surface area contributed by atoms with Gasteiger partial charge in [-0.2, -0.15) is 0 Å². The fourth-order valence-corrected chi connectivity index (χ4v) is 1.33. The van der Waals surface area contributed by atoms with Gasteiger partial charge < -0.3 is 5.73 Å². The van der Waals surface area contributed by atoms with Crippen LogP contribution in [-0.2, 0) is 12.8 Å². The van der Waals surface area contributed by atoms with Gasteiger partial charge in [-0.15, -0.1) is 23.4 Å². The van der Waals surface area contributed by atoms with Crippen molar-refractivity contribution in [1.82, 2.24) is 14.8 Å². The number of alkyl halides is 3. The Labute approximate surface area is 76.3 Å². The average molecular weight is 212 g/mol. The van der Waals surface area contributed by atoms with Gasteiger partial charge in [0.05, 0.1) is 6.54 Å². The van der Waals surface area contributed by atoms with Crippen LogP contribution in [0.4, 0.5) is 13.2 Å². The summed E-state index contributed by atoms with van der Waals surface area (Å²) in [5.74, 6) is -0.281. The molecule has 0 saturated heterocycles. The molecule has 4 nitrogen and oxygen atoms in total. The lowest BCUT2D eigenvalue weighted by molar-refractivity contribution is -0.211. The van der Waals surface area contributed by atoms with Crippen molar-refractivity contribution >= 4 is 11.8 Å². The fourth-order valence-electron chi connectivity index (χ4n) is 0.819. The predicted octanol–water partition coefficient (Wildman–Crippen LogP) is 0.935. The quantitative estimate of drug-likeness (QED) is 0.741. The van der Waals surface area contributed by atoms with Crippen molar-refractivity contribution in [2.45, 2.75) is 18.0 Å². The molecule has 0 spiro atoms. The summed E-state index contributed by atoms with van der Waals surface area (Å²) in [5, 5.41) is 6.47. The second kappa shape index (κ2) is 3.54. The van der Waals surface area contributed by atoms with E-state index in [0.29, 0.717) is 0 Å². The number of thioether (sulfide) groups is 1. The molecule has 0 aliphatic carbocycles. The average Bonchev–Trinajstić information content (AvgIpc) is 2.45. The number of nitrogens with zero attached hydrogens (tertiary/aromatic N) is 3. The van der Waals surface area contributed by atoms with E-state index in [-0.39, 0.29) is 22.1 Å². The van der Waals surface area contributed by atoms with Crippen molar-refractivity contribution in [3.05, 3.63) is 5.82 Å². The lowest BCUT2D eigenvalue weighted by atomic mass is 10.6. The normalized spacial score (nSPS) is 12.1. The van der Waals surface area contributed by atoms with Gasteiger partial charge >= 0.3 is 6.30 Å². The lowest BCUT2D eigenvalue weighted by Gasteiger charge is -2.10. The first-order valence-corrected chi connectivity index (χ1v) is 4.48. The molecule has 0 unspecified atom stereocenters. The Morgan fingerprint density at radius 1 is 1.46 bits per heavy atom. The van der Waals surface area contributed by atoms with Crippen molar-refractivity contribution in [3.63, 3.8) is 0 Å². The highest BCUT2D eigenvalue weighted by molar-refractivity contribution is 7.98. The van der Waals surface area contributed by atoms with Gasteiger partial charge in [-0.25, -0.2) is 4.57 Å². The molecule has 0 atom stereocenters. The summed E-state index contributed by atoms with van der Waals surface area (Å²) in [5.41, 5.74) is 5.08. The highest BCUT2D eigenvalue weighted by atomic mass is 32.2. The number of hydrogen-bond donors (Lipinski definition) is 1. The minimum Gasteiger partial charge on any atom is -0.324 e. The molecule has 0 aromatic carbocycles. The second-order valence-corrected chi connectivity index (χ2v) is 2.88. The number of aromatic nitrogens is 3. The van der Waals surface area contributed by atoms with Gasteiger partial charge in [0.25, 0.3) is 0 Å². The molecule has 1 heterocycles.